The molecule has 0 unspecified atom stereocenters. The third kappa shape index (κ3) is 2.02. The number of benzene rings is 1. The number of rotatable bonds is 2. The summed E-state index contributed by atoms with van der Waals surface area (Å²) < 4.78 is 6.61. The van der Waals surface area contributed by atoms with Gasteiger partial charge >= 0.3 is 5.76 Å². The Morgan fingerprint density at radius 1 is 1.44 bits per heavy atom. The lowest BCUT2D eigenvalue weighted by atomic mass is 9.96. The van der Waals surface area contributed by atoms with Gasteiger partial charge in [-0.25, -0.2) is 4.79 Å². The molecule has 2 N–H and O–H groups in total. The second-order valence-electron chi connectivity index (χ2n) is 4.89. The van der Waals surface area contributed by atoms with Crippen LogP contribution in [0, 0.1) is 0 Å². The fourth-order valence-corrected chi connectivity index (χ4v) is 1.81. The number of aryl methyl sites for hydroxylation is 1. The molecule has 1 aromatic heterocycles. The van der Waals surface area contributed by atoms with Crippen molar-refractivity contribution in [2.24, 2.45) is 12.8 Å². The molecule has 0 bridgehead atoms. The number of nitrogens with two attached hydrogens (primary N) is 1. The summed E-state index contributed by atoms with van der Waals surface area (Å²) in [5.41, 5.74) is 8.19. The van der Waals surface area contributed by atoms with E-state index in [4.69, 9.17) is 10.2 Å². The first-order valence-corrected chi connectivity index (χ1v) is 5.24. The zero-order valence-corrected chi connectivity index (χ0v) is 9.78. The highest BCUT2D eigenvalue weighted by Crippen LogP contribution is 2.17. The first-order valence-electron chi connectivity index (χ1n) is 5.24. The van der Waals surface area contributed by atoms with E-state index in [2.05, 4.69) is 0 Å². The molecule has 4 nitrogen and oxygen atoms in total. The van der Waals surface area contributed by atoms with Crippen LogP contribution < -0.4 is 11.5 Å². The predicted molar refractivity (Wildman–Crippen MR) is 63.4 cm³/mol. The van der Waals surface area contributed by atoms with Crippen LogP contribution in [0.3, 0.4) is 0 Å². The molecule has 4 heteroatoms. The van der Waals surface area contributed by atoms with E-state index in [1.807, 2.05) is 32.0 Å². The number of hydrogen-bond donors (Lipinski definition) is 1. The molecule has 0 saturated carbocycles. The van der Waals surface area contributed by atoms with Gasteiger partial charge in [-0.1, -0.05) is 6.07 Å². The zero-order valence-electron chi connectivity index (χ0n) is 9.78. The molecule has 0 saturated heterocycles. The zero-order chi connectivity index (χ0) is 11.9. The number of oxazole rings is 1. The number of nitrogens with zero attached hydrogens (tertiary/aromatic N) is 1. The van der Waals surface area contributed by atoms with Crippen LogP contribution in [0.2, 0.25) is 0 Å². The second kappa shape index (κ2) is 3.49. The lowest BCUT2D eigenvalue weighted by Crippen LogP contribution is -2.34. The highest BCUT2D eigenvalue weighted by Gasteiger charge is 2.13. The molecule has 0 amide bonds. The van der Waals surface area contributed by atoms with Crippen LogP contribution in [0.1, 0.15) is 19.4 Å². The summed E-state index contributed by atoms with van der Waals surface area (Å²) in [7, 11) is 1.70. The minimum Gasteiger partial charge on any atom is -0.408 e. The molecule has 86 valence electrons. The number of fused-ring (bicyclic) bond motifs is 1. The van der Waals surface area contributed by atoms with Gasteiger partial charge in [-0.3, -0.25) is 4.57 Å². The second-order valence-corrected chi connectivity index (χ2v) is 4.89. The van der Waals surface area contributed by atoms with Gasteiger partial charge in [0.2, 0.25) is 0 Å². The highest BCUT2D eigenvalue weighted by atomic mass is 16.4. The van der Waals surface area contributed by atoms with Crippen molar-refractivity contribution in [2.45, 2.75) is 25.8 Å². The maximum absolute atomic E-state index is 11.3. The molecule has 0 fully saturated rings. The predicted octanol–water partition coefficient (Wildman–Crippen LogP) is 1.41. The smallest absolute Gasteiger partial charge is 0.408 e. The molecule has 0 aliphatic carbocycles. The van der Waals surface area contributed by atoms with Crippen LogP contribution >= 0.6 is 0 Å². The molecule has 0 spiro atoms. The monoisotopic (exact) mass is 220 g/mol. The fourth-order valence-electron chi connectivity index (χ4n) is 1.81. The maximum atomic E-state index is 11.3. The van der Waals surface area contributed by atoms with Crippen molar-refractivity contribution in [2.75, 3.05) is 0 Å². The first kappa shape index (κ1) is 11.0. The molecule has 0 atom stereocenters. The van der Waals surface area contributed by atoms with E-state index in [0.717, 1.165) is 17.5 Å². The quantitative estimate of drug-likeness (QED) is 0.832. The van der Waals surface area contributed by atoms with Crippen LogP contribution in [0.15, 0.2) is 27.4 Å². The van der Waals surface area contributed by atoms with Gasteiger partial charge in [0, 0.05) is 12.6 Å². The van der Waals surface area contributed by atoms with Gasteiger partial charge in [-0.2, -0.15) is 0 Å². The van der Waals surface area contributed by atoms with Crippen molar-refractivity contribution in [3.8, 4) is 0 Å². The molecule has 2 aromatic rings. The van der Waals surface area contributed by atoms with Crippen LogP contribution in [0.4, 0.5) is 0 Å². The van der Waals surface area contributed by atoms with Crippen molar-refractivity contribution < 1.29 is 4.42 Å². The molecule has 1 aromatic carbocycles. The van der Waals surface area contributed by atoms with Gasteiger partial charge in [-0.15, -0.1) is 0 Å². The van der Waals surface area contributed by atoms with E-state index < -0.39 is 0 Å². The molecule has 0 radical (unpaired) electrons. The minimum atomic E-state index is -0.334. The lowest BCUT2D eigenvalue weighted by Gasteiger charge is -2.17. The molecule has 2 rings (SSSR count). The van der Waals surface area contributed by atoms with E-state index in [9.17, 15) is 4.79 Å². The van der Waals surface area contributed by atoms with Crippen molar-refractivity contribution in [1.29, 1.82) is 0 Å². The van der Waals surface area contributed by atoms with Crippen molar-refractivity contribution >= 4 is 11.1 Å². The van der Waals surface area contributed by atoms with Crippen LogP contribution in [-0.2, 0) is 13.5 Å². The Morgan fingerprint density at radius 3 is 2.75 bits per heavy atom. The van der Waals surface area contributed by atoms with E-state index in [-0.39, 0.29) is 11.3 Å². The molecule has 1 heterocycles. The average Bonchev–Trinajstić information content (AvgIpc) is 2.40. The average molecular weight is 220 g/mol. The molecular weight excluding hydrogens is 204 g/mol. The van der Waals surface area contributed by atoms with Gasteiger partial charge < -0.3 is 10.2 Å². The minimum absolute atomic E-state index is 0.261. The SMILES string of the molecule is Cn1c(=O)oc2cc(CC(C)(C)N)ccc21. The van der Waals surface area contributed by atoms with Gasteiger partial charge in [0.15, 0.2) is 5.58 Å². The van der Waals surface area contributed by atoms with Gasteiger partial charge in [0.25, 0.3) is 0 Å². The summed E-state index contributed by atoms with van der Waals surface area (Å²) in [6.45, 7) is 3.94. The van der Waals surface area contributed by atoms with Crippen LogP contribution in [-0.4, -0.2) is 10.1 Å². The van der Waals surface area contributed by atoms with Gasteiger partial charge in [-0.05, 0) is 38.0 Å². The third-order valence-electron chi connectivity index (χ3n) is 2.52. The number of aromatic nitrogens is 1. The fraction of sp³-hybridized carbons (Fsp3) is 0.417. The van der Waals surface area contributed by atoms with Crippen molar-refractivity contribution in [3.63, 3.8) is 0 Å². The van der Waals surface area contributed by atoms with E-state index >= 15 is 0 Å². The van der Waals surface area contributed by atoms with E-state index in [0.29, 0.717) is 5.58 Å². The van der Waals surface area contributed by atoms with Crippen LogP contribution in [0.25, 0.3) is 11.1 Å². The Balaban J connectivity index is 2.49. The number of hydrogen-bond acceptors (Lipinski definition) is 3. The topological polar surface area (TPSA) is 61.2 Å². The van der Waals surface area contributed by atoms with Crippen molar-refractivity contribution in [3.05, 3.63) is 34.3 Å². The van der Waals surface area contributed by atoms with E-state index in [1.54, 1.807) is 7.05 Å². The molecule has 16 heavy (non-hydrogen) atoms. The summed E-state index contributed by atoms with van der Waals surface area (Å²) in [5.74, 6) is -0.334. The normalized spacial score (nSPS) is 12.2. The first-order chi connectivity index (χ1) is 7.37. The highest BCUT2D eigenvalue weighted by molar-refractivity contribution is 5.73. The molecule has 0 aliphatic heterocycles. The Morgan fingerprint density at radius 2 is 2.12 bits per heavy atom. The Bertz CT molecular complexity index is 573. The molecular formula is C12H16N2O2. The van der Waals surface area contributed by atoms with Gasteiger partial charge in [0.05, 0.1) is 5.52 Å². The Labute approximate surface area is 93.7 Å². The summed E-state index contributed by atoms with van der Waals surface area (Å²) in [5, 5.41) is 0. The largest absolute Gasteiger partial charge is 0.419 e. The summed E-state index contributed by atoms with van der Waals surface area (Å²) in [4.78, 5) is 11.3. The summed E-state index contributed by atoms with van der Waals surface area (Å²) in [6.07, 6.45) is 0.752. The van der Waals surface area contributed by atoms with E-state index in [1.165, 1.54) is 4.57 Å². The molecule has 0 aliphatic rings. The third-order valence-corrected chi connectivity index (χ3v) is 2.52. The van der Waals surface area contributed by atoms with Crippen LogP contribution in [0.5, 0.6) is 0 Å². The standard InChI is InChI=1S/C12H16N2O2/c1-12(2,13)7-8-4-5-9-10(6-8)16-11(15)14(9)3/h4-6H,7,13H2,1-3H3. The summed E-state index contributed by atoms with van der Waals surface area (Å²) >= 11 is 0. The Kier molecular flexibility index (Phi) is 2.39. The lowest BCUT2D eigenvalue weighted by molar-refractivity contribution is 0.514. The Hall–Kier alpha value is -1.55. The van der Waals surface area contributed by atoms with Crippen molar-refractivity contribution in [1.82, 2.24) is 4.57 Å². The summed E-state index contributed by atoms with van der Waals surface area (Å²) in [6, 6.07) is 5.75. The maximum Gasteiger partial charge on any atom is 0.419 e. The van der Waals surface area contributed by atoms with Gasteiger partial charge in [0.1, 0.15) is 0 Å².